The molecule has 2 atom stereocenters. The topological polar surface area (TPSA) is 87.1 Å². The molecule has 1 fully saturated rings. The lowest BCUT2D eigenvalue weighted by Crippen LogP contribution is -2.35. The molecular formula is C13H16Cl2N4O2S. The zero-order valence-corrected chi connectivity index (χ0v) is 13.9. The van der Waals surface area contributed by atoms with Crippen molar-refractivity contribution in [3.05, 3.63) is 29.8 Å². The van der Waals surface area contributed by atoms with Crippen LogP contribution in [0.25, 0.3) is 11.4 Å². The number of halogens is 2. The number of nitrogens with zero attached hydrogens (tertiary/aromatic N) is 2. The first-order valence-electron chi connectivity index (χ1n) is 6.31. The summed E-state index contributed by atoms with van der Waals surface area (Å²) in [6, 6.07) is 5.25. The number of aliphatic hydroxyl groups excluding tert-OH is 1. The lowest BCUT2D eigenvalue weighted by Gasteiger charge is -2.08. The highest BCUT2D eigenvalue weighted by atomic mass is 35.5. The van der Waals surface area contributed by atoms with E-state index >= 15 is 0 Å². The second-order valence-corrected chi connectivity index (χ2v) is 5.45. The van der Waals surface area contributed by atoms with E-state index in [1.165, 1.54) is 11.3 Å². The second kappa shape index (κ2) is 8.40. The molecule has 0 radical (unpaired) electrons. The minimum atomic E-state index is -0.453. The van der Waals surface area contributed by atoms with Crippen LogP contribution in [0, 0.1) is 0 Å². The summed E-state index contributed by atoms with van der Waals surface area (Å²) < 4.78 is 0. The molecule has 0 saturated carbocycles. The Bertz CT molecular complexity index is 611. The quantitative estimate of drug-likeness (QED) is 0.773. The van der Waals surface area contributed by atoms with E-state index in [1.807, 2.05) is 23.6 Å². The first-order valence-corrected chi connectivity index (χ1v) is 7.19. The number of aromatic nitrogens is 2. The number of nitrogens with one attached hydrogen (secondary N) is 2. The molecule has 3 N–H and O–H groups in total. The number of β-amino-alcohol motifs (C(OH)–C–C–N with tert-alkyl or cyclic N) is 1. The molecule has 0 aromatic carbocycles. The SMILES string of the molecule is Cl.Cl.O=C(Nc1nc(-c2ccccn2)cs1)[C@H]1C[C@H](O)CN1. The summed E-state index contributed by atoms with van der Waals surface area (Å²) in [5.74, 6) is -0.163. The van der Waals surface area contributed by atoms with Crippen molar-refractivity contribution in [1.29, 1.82) is 0 Å². The third-order valence-corrected chi connectivity index (χ3v) is 3.84. The first kappa shape index (κ1) is 18.8. The van der Waals surface area contributed by atoms with Gasteiger partial charge in [-0.2, -0.15) is 0 Å². The van der Waals surface area contributed by atoms with Gasteiger partial charge >= 0.3 is 0 Å². The van der Waals surface area contributed by atoms with Crippen LogP contribution in [0.3, 0.4) is 0 Å². The van der Waals surface area contributed by atoms with Crippen molar-refractivity contribution in [2.45, 2.75) is 18.6 Å². The summed E-state index contributed by atoms with van der Waals surface area (Å²) in [7, 11) is 0. The van der Waals surface area contributed by atoms with E-state index in [9.17, 15) is 9.90 Å². The molecule has 3 heterocycles. The van der Waals surface area contributed by atoms with Crippen LogP contribution in [0.2, 0.25) is 0 Å². The van der Waals surface area contributed by atoms with Crippen molar-refractivity contribution >= 4 is 47.2 Å². The number of rotatable bonds is 3. The molecule has 2 aromatic heterocycles. The fraction of sp³-hybridized carbons (Fsp3) is 0.308. The van der Waals surface area contributed by atoms with E-state index in [-0.39, 0.29) is 36.8 Å². The van der Waals surface area contributed by atoms with Crippen LogP contribution in [0.5, 0.6) is 0 Å². The number of pyridine rings is 1. The monoisotopic (exact) mass is 362 g/mol. The fourth-order valence-electron chi connectivity index (χ4n) is 2.07. The molecule has 120 valence electrons. The van der Waals surface area contributed by atoms with Gasteiger partial charge in [0.15, 0.2) is 5.13 Å². The predicted molar refractivity (Wildman–Crippen MR) is 90.9 cm³/mol. The number of amides is 1. The number of carbonyl (C=O) groups excluding carboxylic acids is 1. The van der Waals surface area contributed by atoms with Crippen molar-refractivity contribution in [2.24, 2.45) is 0 Å². The smallest absolute Gasteiger partial charge is 0.243 e. The molecule has 3 rings (SSSR count). The van der Waals surface area contributed by atoms with Crippen molar-refractivity contribution in [3.8, 4) is 11.4 Å². The van der Waals surface area contributed by atoms with Crippen LogP contribution >= 0.6 is 36.2 Å². The van der Waals surface area contributed by atoms with Crippen molar-refractivity contribution in [1.82, 2.24) is 15.3 Å². The summed E-state index contributed by atoms with van der Waals surface area (Å²) >= 11 is 1.36. The van der Waals surface area contributed by atoms with E-state index in [0.29, 0.717) is 18.1 Å². The van der Waals surface area contributed by atoms with Crippen LogP contribution in [0.1, 0.15) is 6.42 Å². The zero-order chi connectivity index (χ0) is 13.9. The molecule has 0 unspecified atom stereocenters. The summed E-state index contributed by atoms with van der Waals surface area (Å²) in [5, 5.41) is 17.5. The second-order valence-electron chi connectivity index (χ2n) is 4.59. The molecule has 1 aliphatic rings. The Balaban J connectivity index is 0.00000121. The maximum absolute atomic E-state index is 12.0. The van der Waals surface area contributed by atoms with E-state index in [4.69, 9.17) is 0 Å². The third kappa shape index (κ3) is 4.37. The highest BCUT2D eigenvalue weighted by molar-refractivity contribution is 7.14. The van der Waals surface area contributed by atoms with Gasteiger partial charge in [-0.05, 0) is 18.6 Å². The molecular weight excluding hydrogens is 347 g/mol. The highest BCUT2D eigenvalue weighted by Crippen LogP contribution is 2.23. The Kier molecular flexibility index (Phi) is 7.18. The van der Waals surface area contributed by atoms with Crippen molar-refractivity contribution in [3.63, 3.8) is 0 Å². The molecule has 0 bridgehead atoms. The van der Waals surface area contributed by atoms with Gasteiger partial charge < -0.3 is 15.7 Å². The summed E-state index contributed by atoms with van der Waals surface area (Å²) in [4.78, 5) is 20.5. The Morgan fingerprint density at radius 1 is 1.36 bits per heavy atom. The standard InChI is InChI=1S/C13H14N4O2S.2ClH/c18-8-5-10(15-6-8)12(19)17-13-16-11(7-20-13)9-3-1-2-4-14-9;;/h1-4,7-8,10,15,18H,5-6H2,(H,16,17,19);2*1H/t8-,10+;;/m0../s1. The maximum Gasteiger partial charge on any atom is 0.243 e. The normalized spacial score (nSPS) is 19.9. The lowest BCUT2D eigenvalue weighted by atomic mass is 10.2. The van der Waals surface area contributed by atoms with Crippen LogP contribution in [0.4, 0.5) is 5.13 Å². The zero-order valence-electron chi connectivity index (χ0n) is 11.4. The molecule has 6 nitrogen and oxygen atoms in total. The lowest BCUT2D eigenvalue weighted by molar-refractivity contribution is -0.117. The number of aliphatic hydroxyl groups is 1. The maximum atomic E-state index is 12.0. The van der Waals surface area contributed by atoms with E-state index < -0.39 is 6.10 Å². The van der Waals surface area contributed by atoms with Crippen LogP contribution in [0.15, 0.2) is 29.8 Å². The van der Waals surface area contributed by atoms with Crippen LogP contribution in [-0.2, 0) is 4.79 Å². The Hall–Kier alpha value is -1.25. The number of hydrogen-bond donors (Lipinski definition) is 3. The minimum absolute atomic E-state index is 0. The fourth-order valence-corrected chi connectivity index (χ4v) is 2.78. The van der Waals surface area contributed by atoms with Gasteiger partial charge in [0.1, 0.15) is 5.69 Å². The Morgan fingerprint density at radius 3 is 2.82 bits per heavy atom. The predicted octanol–water partition coefficient (Wildman–Crippen LogP) is 1.71. The molecule has 1 saturated heterocycles. The van der Waals surface area contributed by atoms with Gasteiger partial charge in [0.25, 0.3) is 0 Å². The van der Waals surface area contributed by atoms with Gasteiger partial charge in [-0.1, -0.05) is 6.07 Å². The van der Waals surface area contributed by atoms with Gasteiger partial charge in [-0.25, -0.2) is 4.98 Å². The van der Waals surface area contributed by atoms with E-state index in [2.05, 4.69) is 20.6 Å². The van der Waals surface area contributed by atoms with Gasteiger partial charge in [0.05, 0.1) is 17.8 Å². The molecule has 9 heteroatoms. The van der Waals surface area contributed by atoms with Crippen LogP contribution in [-0.4, -0.2) is 39.7 Å². The average molecular weight is 363 g/mol. The Labute approximate surface area is 144 Å². The van der Waals surface area contributed by atoms with Crippen LogP contribution < -0.4 is 10.6 Å². The summed E-state index contributed by atoms with van der Waals surface area (Å²) in [5.41, 5.74) is 1.52. The first-order chi connectivity index (χ1) is 9.72. The molecule has 0 aliphatic carbocycles. The molecule has 2 aromatic rings. The van der Waals surface area contributed by atoms with Crippen molar-refractivity contribution in [2.75, 3.05) is 11.9 Å². The summed E-state index contributed by atoms with van der Waals surface area (Å²) in [6.07, 6.45) is 1.69. The van der Waals surface area contributed by atoms with E-state index in [0.717, 1.165) is 11.4 Å². The molecule has 22 heavy (non-hydrogen) atoms. The van der Waals surface area contributed by atoms with Gasteiger partial charge in [-0.15, -0.1) is 36.2 Å². The largest absolute Gasteiger partial charge is 0.392 e. The third-order valence-electron chi connectivity index (χ3n) is 3.09. The number of hydrogen-bond acceptors (Lipinski definition) is 6. The molecule has 1 aliphatic heterocycles. The van der Waals surface area contributed by atoms with Gasteiger partial charge in [-0.3, -0.25) is 9.78 Å². The highest BCUT2D eigenvalue weighted by Gasteiger charge is 2.28. The number of carbonyl (C=O) groups is 1. The molecule has 0 spiro atoms. The summed E-state index contributed by atoms with van der Waals surface area (Å²) in [6.45, 7) is 0.454. The average Bonchev–Trinajstić information content (AvgIpc) is 3.09. The minimum Gasteiger partial charge on any atom is -0.392 e. The number of thiazole rings is 1. The van der Waals surface area contributed by atoms with Gasteiger partial charge in [0, 0.05) is 18.1 Å². The van der Waals surface area contributed by atoms with Gasteiger partial charge in [0.2, 0.25) is 5.91 Å². The molecule has 1 amide bonds. The Morgan fingerprint density at radius 2 is 2.18 bits per heavy atom. The van der Waals surface area contributed by atoms with Crippen molar-refractivity contribution < 1.29 is 9.90 Å². The number of anilines is 1. The van der Waals surface area contributed by atoms with E-state index in [1.54, 1.807) is 6.20 Å².